The van der Waals surface area contributed by atoms with Gasteiger partial charge in [-0.2, -0.15) is 0 Å². The van der Waals surface area contributed by atoms with Crippen LogP contribution in [0.5, 0.6) is 0 Å². The zero-order valence-corrected chi connectivity index (χ0v) is 9.76. The predicted octanol–water partition coefficient (Wildman–Crippen LogP) is 2.41. The number of aromatic nitrogens is 1. The van der Waals surface area contributed by atoms with E-state index in [1.54, 1.807) is 11.8 Å². The summed E-state index contributed by atoms with van der Waals surface area (Å²) in [5.41, 5.74) is 1.42. The number of thioether (sulfide) groups is 1. The molecular formula is C12H16N2S. The molecule has 2 bridgehead atoms. The standard InChI is InChI=1S/C12H16N2S/c1-15-12-5-2-8(7-13-12)10-6-9-3-4-11(10)14-9/h2,5,7,9-11,14H,3-4,6H2,1H3. The average molecular weight is 220 g/mol. The first-order chi connectivity index (χ1) is 7.36. The molecule has 15 heavy (non-hydrogen) atoms. The molecule has 2 aliphatic rings. The highest BCUT2D eigenvalue weighted by atomic mass is 32.2. The number of nitrogens with zero attached hydrogens (tertiary/aromatic N) is 1. The van der Waals surface area contributed by atoms with E-state index in [1.807, 2.05) is 0 Å². The van der Waals surface area contributed by atoms with Crippen molar-refractivity contribution in [3.05, 3.63) is 23.9 Å². The molecule has 3 rings (SSSR count). The largest absolute Gasteiger partial charge is 0.311 e. The second kappa shape index (κ2) is 3.80. The van der Waals surface area contributed by atoms with E-state index in [0.29, 0.717) is 5.92 Å². The lowest BCUT2D eigenvalue weighted by atomic mass is 9.85. The van der Waals surface area contributed by atoms with E-state index < -0.39 is 0 Å². The normalized spacial score (nSPS) is 33.5. The molecule has 0 aromatic carbocycles. The molecule has 2 fully saturated rings. The summed E-state index contributed by atoms with van der Waals surface area (Å²) in [6.45, 7) is 0. The van der Waals surface area contributed by atoms with Crippen molar-refractivity contribution in [2.45, 2.75) is 42.3 Å². The first-order valence-corrected chi connectivity index (χ1v) is 6.85. The second-order valence-corrected chi connectivity index (χ2v) is 5.35. The Labute approximate surface area is 94.9 Å². The fourth-order valence-electron chi connectivity index (χ4n) is 2.92. The van der Waals surface area contributed by atoms with Gasteiger partial charge in [-0.1, -0.05) is 6.07 Å². The van der Waals surface area contributed by atoms with Crippen LogP contribution in [0.2, 0.25) is 0 Å². The molecule has 0 radical (unpaired) electrons. The summed E-state index contributed by atoms with van der Waals surface area (Å²) >= 11 is 1.71. The maximum absolute atomic E-state index is 4.46. The molecule has 1 aromatic rings. The van der Waals surface area contributed by atoms with Gasteiger partial charge in [0.05, 0.1) is 5.03 Å². The molecule has 1 aromatic heterocycles. The minimum absolute atomic E-state index is 0.715. The van der Waals surface area contributed by atoms with Crippen molar-refractivity contribution in [2.24, 2.45) is 0 Å². The topological polar surface area (TPSA) is 24.9 Å². The Balaban J connectivity index is 1.81. The molecule has 0 saturated carbocycles. The van der Waals surface area contributed by atoms with Gasteiger partial charge in [0, 0.05) is 24.2 Å². The lowest BCUT2D eigenvalue weighted by Gasteiger charge is -2.20. The van der Waals surface area contributed by atoms with E-state index in [-0.39, 0.29) is 0 Å². The van der Waals surface area contributed by atoms with Gasteiger partial charge in [0.2, 0.25) is 0 Å². The first-order valence-electron chi connectivity index (χ1n) is 5.63. The molecule has 0 amide bonds. The highest BCUT2D eigenvalue weighted by Gasteiger charge is 2.39. The second-order valence-electron chi connectivity index (χ2n) is 4.52. The van der Waals surface area contributed by atoms with Gasteiger partial charge in [0.15, 0.2) is 0 Å². The Morgan fingerprint density at radius 1 is 1.40 bits per heavy atom. The van der Waals surface area contributed by atoms with Gasteiger partial charge in [0.25, 0.3) is 0 Å². The lowest BCUT2D eigenvalue weighted by Crippen LogP contribution is -2.21. The van der Waals surface area contributed by atoms with Crippen LogP contribution in [0, 0.1) is 0 Å². The van der Waals surface area contributed by atoms with Crippen molar-refractivity contribution < 1.29 is 0 Å². The summed E-state index contributed by atoms with van der Waals surface area (Å²) in [7, 11) is 0. The van der Waals surface area contributed by atoms with Crippen molar-refractivity contribution in [2.75, 3.05) is 6.26 Å². The van der Waals surface area contributed by atoms with Crippen LogP contribution in [-0.4, -0.2) is 23.3 Å². The third-order valence-corrected chi connectivity index (χ3v) is 4.36. The van der Waals surface area contributed by atoms with E-state index in [4.69, 9.17) is 0 Å². The van der Waals surface area contributed by atoms with Crippen molar-refractivity contribution >= 4 is 11.8 Å². The van der Waals surface area contributed by atoms with Crippen LogP contribution >= 0.6 is 11.8 Å². The Kier molecular flexibility index (Phi) is 2.45. The summed E-state index contributed by atoms with van der Waals surface area (Å²) in [4.78, 5) is 4.46. The molecular weight excluding hydrogens is 204 g/mol. The third kappa shape index (κ3) is 1.68. The van der Waals surface area contributed by atoms with E-state index in [9.17, 15) is 0 Å². The minimum atomic E-state index is 0.715. The minimum Gasteiger partial charge on any atom is -0.311 e. The van der Waals surface area contributed by atoms with Crippen molar-refractivity contribution in [1.29, 1.82) is 0 Å². The van der Waals surface area contributed by atoms with E-state index in [0.717, 1.165) is 17.1 Å². The lowest BCUT2D eigenvalue weighted by molar-refractivity contribution is 0.505. The SMILES string of the molecule is CSc1ccc(C2CC3CCC2N3)cn1. The van der Waals surface area contributed by atoms with E-state index in [2.05, 4.69) is 34.9 Å². The molecule has 0 aliphatic carbocycles. The average Bonchev–Trinajstić information content (AvgIpc) is 2.91. The summed E-state index contributed by atoms with van der Waals surface area (Å²) in [6.07, 6.45) is 8.17. The quantitative estimate of drug-likeness (QED) is 0.775. The molecule has 2 nitrogen and oxygen atoms in total. The first kappa shape index (κ1) is 9.67. The Morgan fingerprint density at radius 3 is 2.87 bits per heavy atom. The van der Waals surface area contributed by atoms with Gasteiger partial charge in [-0.15, -0.1) is 11.8 Å². The molecule has 80 valence electrons. The van der Waals surface area contributed by atoms with Gasteiger partial charge in [-0.05, 0) is 37.1 Å². The molecule has 2 aliphatic heterocycles. The number of rotatable bonds is 2. The number of nitrogens with one attached hydrogen (secondary N) is 1. The highest BCUT2D eigenvalue weighted by Crippen LogP contribution is 2.39. The van der Waals surface area contributed by atoms with Crippen LogP contribution in [0.3, 0.4) is 0 Å². The van der Waals surface area contributed by atoms with E-state index >= 15 is 0 Å². The molecule has 1 N–H and O–H groups in total. The van der Waals surface area contributed by atoms with Gasteiger partial charge in [-0.3, -0.25) is 0 Å². The van der Waals surface area contributed by atoms with Crippen molar-refractivity contribution in [3.63, 3.8) is 0 Å². The molecule has 2 saturated heterocycles. The smallest absolute Gasteiger partial charge is 0.0957 e. The van der Waals surface area contributed by atoms with Crippen molar-refractivity contribution in [1.82, 2.24) is 10.3 Å². The Morgan fingerprint density at radius 2 is 2.33 bits per heavy atom. The van der Waals surface area contributed by atoms with Crippen LogP contribution in [0.1, 0.15) is 30.7 Å². The summed E-state index contributed by atoms with van der Waals surface area (Å²) < 4.78 is 0. The molecule has 3 atom stereocenters. The Bertz CT molecular complexity index is 349. The van der Waals surface area contributed by atoms with Gasteiger partial charge in [0.1, 0.15) is 0 Å². The molecule has 3 heterocycles. The van der Waals surface area contributed by atoms with Crippen LogP contribution in [0.25, 0.3) is 0 Å². The summed E-state index contributed by atoms with van der Waals surface area (Å²) in [6, 6.07) is 5.90. The maximum Gasteiger partial charge on any atom is 0.0957 e. The zero-order chi connectivity index (χ0) is 10.3. The number of hydrogen-bond acceptors (Lipinski definition) is 3. The monoisotopic (exact) mass is 220 g/mol. The fourth-order valence-corrected chi connectivity index (χ4v) is 3.29. The van der Waals surface area contributed by atoms with Gasteiger partial charge < -0.3 is 5.32 Å². The number of pyridine rings is 1. The fraction of sp³-hybridized carbons (Fsp3) is 0.583. The molecule has 3 heteroatoms. The number of hydrogen-bond donors (Lipinski definition) is 1. The van der Waals surface area contributed by atoms with Crippen molar-refractivity contribution in [3.8, 4) is 0 Å². The van der Waals surface area contributed by atoms with Crippen LogP contribution < -0.4 is 5.32 Å². The molecule has 0 spiro atoms. The number of fused-ring (bicyclic) bond motifs is 2. The predicted molar refractivity (Wildman–Crippen MR) is 63.3 cm³/mol. The maximum atomic E-state index is 4.46. The Hall–Kier alpha value is -0.540. The van der Waals surface area contributed by atoms with Gasteiger partial charge in [-0.25, -0.2) is 4.98 Å². The van der Waals surface area contributed by atoms with Gasteiger partial charge >= 0.3 is 0 Å². The van der Waals surface area contributed by atoms with Crippen LogP contribution in [-0.2, 0) is 0 Å². The summed E-state index contributed by atoms with van der Waals surface area (Å²) in [5.74, 6) is 0.715. The zero-order valence-electron chi connectivity index (χ0n) is 8.94. The third-order valence-electron chi connectivity index (χ3n) is 3.70. The summed E-state index contributed by atoms with van der Waals surface area (Å²) in [5, 5.41) is 4.79. The highest BCUT2D eigenvalue weighted by molar-refractivity contribution is 7.98. The van der Waals surface area contributed by atoms with Crippen LogP contribution in [0.15, 0.2) is 23.4 Å². The van der Waals surface area contributed by atoms with Crippen LogP contribution in [0.4, 0.5) is 0 Å². The molecule has 3 unspecified atom stereocenters. The van der Waals surface area contributed by atoms with E-state index in [1.165, 1.54) is 24.8 Å².